The van der Waals surface area contributed by atoms with Crippen molar-refractivity contribution in [2.75, 3.05) is 16.6 Å². The van der Waals surface area contributed by atoms with Gasteiger partial charge in [-0.05, 0) is 30.9 Å². The number of sulfonamides is 1. The Hall–Kier alpha value is -1.56. The van der Waals surface area contributed by atoms with Crippen LogP contribution in [0.3, 0.4) is 0 Å². The van der Waals surface area contributed by atoms with Gasteiger partial charge in [-0.1, -0.05) is 32.0 Å². The van der Waals surface area contributed by atoms with Crippen LogP contribution in [0.4, 0.5) is 5.69 Å². The fourth-order valence-electron chi connectivity index (χ4n) is 1.89. The molecule has 0 heterocycles. The van der Waals surface area contributed by atoms with E-state index >= 15 is 0 Å². The van der Waals surface area contributed by atoms with E-state index in [1.54, 1.807) is 24.3 Å². The molecular weight excluding hydrogens is 290 g/mol. The van der Waals surface area contributed by atoms with Gasteiger partial charge >= 0.3 is 5.97 Å². The summed E-state index contributed by atoms with van der Waals surface area (Å²) < 4.78 is 26.3. The van der Waals surface area contributed by atoms with Crippen LogP contribution in [0.2, 0.25) is 0 Å². The molecule has 0 fully saturated rings. The Labute approximate surface area is 126 Å². The number of carboxylic acids is 1. The van der Waals surface area contributed by atoms with Crippen LogP contribution in [-0.4, -0.2) is 31.8 Å². The lowest BCUT2D eigenvalue weighted by molar-refractivity contribution is -0.137. The second kappa shape index (κ2) is 8.02. The third-order valence-electron chi connectivity index (χ3n) is 3.08. The summed E-state index contributed by atoms with van der Waals surface area (Å²) >= 11 is 0. The number of aliphatic carboxylic acids is 1. The zero-order valence-corrected chi connectivity index (χ0v) is 13.3. The molecule has 0 bridgehead atoms. The molecule has 0 spiro atoms. The molecule has 0 amide bonds. The zero-order valence-electron chi connectivity index (χ0n) is 12.5. The van der Waals surface area contributed by atoms with Gasteiger partial charge in [0.25, 0.3) is 0 Å². The molecule has 21 heavy (non-hydrogen) atoms. The molecule has 118 valence electrons. The number of carboxylic acid groups (broad SMARTS) is 1. The van der Waals surface area contributed by atoms with Crippen LogP contribution in [0.15, 0.2) is 30.3 Å². The lowest BCUT2D eigenvalue weighted by Gasteiger charge is -2.24. The van der Waals surface area contributed by atoms with Gasteiger partial charge in [-0.3, -0.25) is 9.10 Å². The van der Waals surface area contributed by atoms with Crippen LogP contribution in [0.25, 0.3) is 0 Å². The second-order valence-corrected chi connectivity index (χ2v) is 7.42. The molecule has 1 aromatic carbocycles. The molecule has 0 unspecified atom stereocenters. The van der Waals surface area contributed by atoms with Gasteiger partial charge < -0.3 is 5.11 Å². The average Bonchev–Trinajstić information content (AvgIpc) is 2.42. The molecule has 1 N–H and O–H groups in total. The van der Waals surface area contributed by atoms with E-state index in [2.05, 4.69) is 0 Å². The molecule has 1 rings (SSSR count). The standard InChI is InChI=1S/C15H23NO4S/c1-13(2)10-12-21(19,20)16(11-6-9-15(17)18)14-7-4-3-5-8-14/h3-5,7-8,13H,6,9-12H2,1-2H3,(H,17,18). The molecule has 0 radical (unpaired) electrons. The van der Waals surface area contributed by atoms with Crippen molar-refractivity contribution in [3.05, 3.63) is 30.3 Å². The van der Waals surface area contributed by atoms with E-state index in [0.717, 1.165) is 0 Å². The summed E-state index contributed by atoms with van der Waals surface area (Å²) in [7, 11) is -3.43. The second-order valence-electron chi connectivity index (χ2n) is 5.40. The SMILES string of the molecule is CC(C)CCS(=O)(=O)N(CCCC(=O)O)c1ccccc1. The lowest BCUT2D eigenvalue weighted by atomic mass is 10.2. The first-order valence-corrected chi connectivity index (χ1v) is 8.71. The van der Waals surface area contributed by atoms with Crippen molar-refractivity contribution in [1.82, 2.24) is 0 Å². The fraction of sp³-hybridized carbons (Fsp3) is 0.533. The molecule has 0 saturated heterocycles. The first-order valence-electron chi connectivity index (χ1n) is 7.10. The highest BCUT2D eigenvalue weighted by Gasteiger charge is 2.22. The summed E-state index contributed by atoms with van der Waals surface area (Å²) in [4.78, 5) is 10.6. The van der Waals surface area contributed by atoms with Crippen LogP contribution < -0.4 is 4.31 Å². The Balaban J connectivity index is 2.88. The van der Waals surface area contributed by atoms with E-state index in [9.17, 15) is 13.2 Å². The van der Waals surface area contributed by atoms with Crippen LogP contribution in [0, 0.1) is 5.92 Å². The zero-order chi connectivity index (χ0) is 15.9. The van der Waals surface area contributed by atoms with Crippen LogP contribution in [0.5, 0.6) is 0 Å². The Kier molecular flexibility index (Phi) is 6.68. The number of para-hydroxylation sites is 1. The van der Waals surface area contributed by atoms with Gasteiger partial charge in [0.05, 0.1) is 11.4 Å². The molecule has 0 aliphatic rings. The van der Waals surface area contributed by atoms with E-state index < -0.39 is 16.0 Å². The van der Waals surface area contributed by atoms with Crippen LogP contribution in [0.1, 0.15) is 33.1 Å². The van der Waals surface area contributed by atoms with Gasteiger partial charge in [0.15, 0.2) is 0 Å². The monoisotopic (exact) mass is 313 g/mol. The minimum absolute atomic E-state index is 0.0387. The quantitative estimate of drug-likeness (QED) is 0.760. The smallest absolute Gasteiger partial charge is 0.303 e. The molecule has 0 saturated carbocycles. The highest BCUT2D eigenvalue weighted by atomic mass is 32.2. The number of benzene rings is 1. The van der Waals surface area contributed by atoms with E-state index in [4.69, 9.17) is 5.11 Å². The lowest BCUT2D eigenvalue weighted by Crippen LogP contribution is -2.34. The predicted octanol–water partition coefficient (Wildman–Crippen LogP) is 2.73. The van der Waals surface area contributed by atoms with E-state index in [-0.39, 0.29) is 18.7 Å². The molecule has 0 aliphatic carbocycles. The largest absolute Gasteiger partial charge is 0.481 e. The van der Waals surface area contributed by atoms with Gasteiger partial charge in [0, 0.05) is 13.0 Å². The van der Waals surface area contributed by atoms with Crippen molar-refractivity contribution in [2.24, 2.45) is 5.92 Å². The molecule has 6 heteroatoms. The summed E-state index contributed by atoms with van der Waals surface area (Å²) in [5, 5.41) is 8.71. The summed E-state index contributed by atoms with van der Waals surface area (Å²) in [6.07, 6.45) is 0.846. The predicted molar refractivity (Wildman–Crippen MR) is 83.9 cm³/mol. The Bertz CT molecular complexity index is 540. The third kappa shape index (κ3) is 6.16. The molecule has 0 aliphatic heterocycles. The van der Waals surface area contributed by atoms with E-state index in [0.29, 0.717) is 24.4 Å². The number of anilines is 1. The van der Waals surface area contributed by atoms with Crippen molar-refractivity contribution in [2.45, 2.75) is 33.1 Å². The van der Waals surface area contributed by atoms with Gasteiger partial charge in [0.2, 0.25) is 10.0 Å². The van der Waals surface area contributed by atoms with Crippen molar-refractivity contribution < 1.29 is 18.3 Å². The minimum Gasteiger partial charge on any atom is -0.481 e. The van der Waals surface area contributed by atoms with E-state index in [1.165, 1.54) is 4.31 Å². The molecule has 5 nitrogen and oxygen atoms in total. The fourth-order valence-corrected chi connectivity index (χ4v) is 3.73. The third-order valence-corrected chi connectivity index (χ3v) is 4.90. The number of nitrogens with zero attached hydrogens (tertiary/aromatic N) is 1. The van der Waals surface area contributed by atoms with Crippen molar-refractivity contribution in [1.29, 1.82) is 0 Å². The Morgan fingerprint density at radius 2 is 1.86 bits per heavy atom. The van der Waals surface area contributed by atoms with E-state index in [1.807, 2.05) is 19.9 Å². The molecular formula is C15H23NO4S. The maximum absolute atomic E-state index is 12.5. The van der Waals surface area contributed by atoms with Gasteiger partial charge in [-0.25, -0.2) is 8.42 Å². The van der Waals surface area contributed by atoms with Gasteiger partial charge in [-0.2, -0.15) is 0 Å². The van der Waals surface area contributed by atoms with Crippen molar-refractivity contribution >= 4 is 21.7 Å². The highest BCUT2D eigenvalue weighted by molar-refractivity contribution is 7.92. The molecule has 0 aromatic heterocycles. The maximum Gasteiger partial charge on any atom is 0.303 e. The normalized spacial score (nSPS) is 11.6. The summed E-state index contributed by atoms with van der Waals surface area (Å²) in [6.45, 7) is 4.15. The Morgan fingerprint density at radius 1 is 1.24 bits per heavy atom. The van der Waals surface area contributed by atoms with Crippen LogP contribution >= 0.6 is 0 Å². The summed E-state index contributed by atoms with van der Waals surface area (Å²) in [6, 6.07) is 8.83. The maximum atomic E-state index is 12.5. The first-order chi connectivity index (χ1) is 9.83. The summed E-state index contributed by atoms with van der Waals surface area (Å²) in [5.74, 6) is -0.536. The first kappa shape index (κ1) is 17.5. The molecule has 0 atom stereocenters. The van der Waals surface area contributed by atoms with Crippen molar-refractivity contribution in [3.63, 3.8) is 0 Å². The topological polar surface area (TPSA) is 74.7 Å². The average molecular weight is 313 g/mol. The number of carbonyl (C=O) groups is 1. The summed E-state index contributed by atoms with van der Waals surface area (Å²) in [5.41, 5.74) is 0.589. The van der Waals surface area contributed by atoms with Gasteiger partial charge in [0.1, 0.15) is 0 Å². The number of rotatable bonds is 9. The number of hydrogen-bond acceptors (Lipinski definition) is 3. The highest BCUT2D eigenvalue weighted by Crippen LogP contribution is 2.20. The van der Waals surface area contributed by atoms with Crippen LogP contribution in [-0.2, 0) is 14.8 Å². The Morgan fingerprint density at radius 3 is 2.38 bits per heavy atom. The minimum atomic E-state index is -3.43. The molecule has 1 aromatic rings. The number of hydrogen-bond donors (Lipinski definition) is 1. The van der Waals surface area contributed by atoms with Crippen molar-refractivity contribution in [3.8, 4) is 0 Å². The van der Waals surface area contributed by atoms with Gasteiger partial charge in [-0.15, -0.1) is 0 Å².